The van der Waals surface area contributed by atoms with Crippen LogP contribution in [-0.2, 0) is 14.8 Å². The van der Waals surface area contributed by atoms with Gasteiger partial charge in [-0.3, -0.25) is 4.79 Å². The zero-order valence-electron chi connectivity index (χ0n) is 13.8. The highest BCUT2D eigenvalue weighted by molar-refractivity contribution is 7.89. The molecule has 2 atom stereocenters. The second kappa shape index (κ2) is 6.29. The Balaban J connectivity index is 1.87. The molecule has 2 fully saturated rings. The van der Waals surface area contributed by atoms with Gasteiger partial charge in [-0.1, -0.05) is 23.7 Å². The molecule has 2 saturated heterocycles. The van der Waals surface area contributed by atoms with E-state index in [9.17, 15) is 13.2 Å². The van der Waals surface area contributed by atoms with Crippen LogP contribution in [0.25, 0.3) is 0 Å². The number of amides is 1. The van der Waals surface area contributed by atoms with E-state index in [0.717, 1.165) is 13.1 Å². The molecule has 0 spiro atoms. The molecule has 0 aliphatic carbocycles. The van der Waals surface area contributed by atoms with E-state index in [4.69, 9.17) is 11.6 Å². The summed E-state index contributed by atoms with van der Waals surface area (Å²) in [6, 6.07) is 6.51. The summed E-state index contributed by atoms with van der Waals surface area (Å²) in [5, 5.41) is 3.32. The monoisotopic (exact) mass is 371 g/mol. The largest absolute Gasteiger partial charge is 0.349 e. The van der Waals surface area contributed by atoms with Gasteiger partial charge in [0, 0.05) is 39.0 Å². The predicted molar refractivity (Wildman–Crippen MR) is 92.4 cm³/mol. The number of hydrogen-bond acceptors (Lipinski definition) is 4. The quantitative estimate of drug-likeness (QED) is 0.866. The van der Waals surface area contributed by atoms with Crippen molar-refractivity contribution in [1.29, 1.82) is 0 Å². The molecule has 3 rings (SSSR count). The minimum atomic E-state index is -3.63. The van der Waals surface area contributed by atoms with E-state index in [1.54, 1.807) is 18.2 Å². The summed E-state index contributed by atoms with van der Waals surface area (Å²) in [6.07, 6.45) is 0.602. The van der Waals surface area contributed by atoms with E-state index in [1.165, 1.54) is 17.3 Å². The molecule has 2 aliphatic rings. The Labute approximate surface area is 147 Å². The van der Waals surface area contributed by atoms with Gasteiger partial charge in [0.05, 0.1) is 10.6 Å². The second-order valence-corrected chi connectivity index (χ2v) is 9.09. The third-order valence-corrected chi connectivity index (χ3v) is 7.34. The van der Waals surface area contributed by atoms with Gasteiger partial charge in [0.1, 0.15) is 4.90 Å². The van der Waals surface area contributed by atoms with Gasteiger partial charge in [0.25, 0.3) is 0 Å². The van der Waals surface area contributed by atoms with E-state index in [0.29, 0.717) is 19.5 Å². The Hall–Kier alpha value is -1.15. The minimum Gasteiger partial charge on any atom is -0.349 e. The molecule has 132 valence electrons. The van der Waals surface area contributed by atoms with Crippen LogP contribution in [0.15, 0.2) is 29.2 Å². The van der Waals surface area contributed by atoms with Gasteiger partial charge in [-0.15, -0.1) is 0 Å². The van der Waals surface area contributed by atoms with E-state index in [2.05, 4.69) is 10.2 Å². The molecule has 2 heterocycles. The van der Waals surface area contributed by atoms with Gasteiger partial charge in [-0.05, 0) is 25.6 Å². The summed E-state index contributed by atoms with van der Waals surface area (Å²) in [4.78, 5) is 13.9. The molecule has 2 aliphatic heterocycles. The zero-order chi connectivity index (χ0) is 17.5. The lowest BCUT2D eigenvalue weighted by atomic mass is 9.81. The lowest BCUT2D eigenvalue weighted by molar-refractivity contribution is -0.121. The average Bonchev–Trinajstić information content (AvgIpc) is 2.81. The van der Waals surface area contributed by atoms with Crippen molar-refractivity contribution in [3.63, 3.8) is 0 Å². The Morgan fingerprint density at radius 1 is 1.33 bits per heavy atom. The number of likely N-dealkylation sites (tertiary alicyclic amines) is 1. The highest BCUT2D eigenvalue weighted by Gasteiger charge is 2.51. The maximum absolute atomic E-state index is 12.9. The molecule has 0 bridgehead atoms. The van der Waals surface area contributed by atoms with Gasteiger partial charge in [0.15, 0.2) is 0 Å². The molecule has 1 aromatic rings. The van der Waals surface area contributed by atoms with Crippen LogP contribution < -0.4 is 5.32 Å². The molecule has 6 nitrogen and oxygen atoms in total. The third-order valence-electron chi connectivity index (χ3n) is 4.98. The van der Waals surface area contributed by atoms with Crippen LogP contribution in [0.4, 0.5) is 0 Å². The first-order valence-electron chi connectivity index (χ1n) is 7.96. The number of carbonyl (C=O) groups is 1. The first-order chi connectivity index (χ1) is 11.2. The van der Waals surface area contributed by atoms with Crippen molar-refractivity contribution in [2.75, 3.05) is 33.2 Å². The first-order valence-corrected chi connectivity index (χ1v) is 9.78. The van der Waals surface area contributed by atoms with Crippen LogP contribution in [0.3, 0.4) is 0 Å². The maximum Gasteiger partial charge on any atom is 0.244 e. The Kier molecular flexibility index (Phi) is 4.63. The molecule has 1 amide bonds. The van der Waals surface area contributed by atoms with Gasteiger partial charge >= 0.3 is 0 Å². The lowest BCUT2D eigenvalue weighted by Crippen LogP contribution is -2.61. The smallest absolute Gasteiger partial charge is 0.244 e. The SMILES string of the molecule is CC(=O)N[C@@]12CCN(S(=O)(=O)c3ccccc3Cl)C[C@@H]1CN(C)C2. The van der Waals surface area contributed by atoms with Crippen molar-refractivity contribution in [2.45, 2.75) is 23.8 Å². The summed E-state index contributed by atoms with van der Waals surface area (Å²) in [5.41, 5.74) is -0.340. The van der Waals surface area contributed by atoms with Crippen LogP contribution in [0.1, 0.15) is 13.3 Å². The van der Waals surface area contributed by atoms with Crippen molar-refractivity contribution in [2.24, 2.45) is 5.92 Å². The number of rotatable bonds is 3. The highest BCUT2D eigenvalue weighted by atomic mass is 35.5. The number of halogens is 1. The summed E-state index contributed by atoms with van der Waals surface area (Å²) in [5.74, 6) is -0.00452. The summed E-state index contributed by atoms with van der Waals surface area (Å²) in [6.45, 7) is 3.78. The molecule has 0 aromatic heterocycles. The minimum absolute atomic E-state index is 0.0670. The number of benzene rings is 1. The normalized spacial score (nSPS) is 28.5. The number of nitrogens with one attached hydrogen (secondary N) is 1. The lowest BCUT2D eigenvalue weighted by Gasteiger charge is -2.43. The fraction of sp³-hybridized carbons (Fsp3) is 0.562. The molecular weight excluding hydrogens is 350 g/mol. The van der Waals surface area contributed by atoms with Crippen LogP contribution >= 0.6 is 11.6 Å². The Morgan fingerprint density at radius 2 is 2.04 bits per heavy atom. The topological polar surface area (TPSA) is 69.7 Å². The molecular formula is C16H22ClN3O3S. The van der Waals surface area contributed by atoms with E-state index in [-0.39, 0.29) is 27.3 Å². The van der Waals surface area contributed by atoms with Crippen LogP contribution in [0.5, 0.6) is 0 Å². The van der Waals surface area contributed by atoms with Crippen LogP contribution in [0, 0.1) is 5.92 Å². The fourth-order valence-corrected chi connectivity index (χ4v) is 5.95. The fourth-order valence-electron chi connectivity index (χ4n) is 3.97. The van der Waals surface area contributed by atoms with Gasteiger partial charge in [0.2, 0.25) is 15.9 Å². The van der Waals surface area contributed by atoms with Crippen molar-refractivity contribution in [1.82, 2.24) is 14.5 Å². The number of hydrogen-bond donors (Lipinski definition) is 1. The number of likely N-dealkylation sites (N-methyl/N-ethyl adjacent to an activating group) is 1. The van der Waals surface area contributed by atoms with E-state index >= 15 is 0 Å². The highest BCUT2D eigenvalue weighted by Crippen LogP contribution is 2.37. The van der Waals surface area contributed by atoms with Crippen molar-refractivity contribution in [3.05, 3.63) is 29.3 Å². The summed E-state index contributed by atoms with van der Waals surface area (Å²) in [7, 11) is -1.64. The molecule has 0 saturated carbocycles. The van der Waals surface area contributed by atoms with Crippen LogP contribution in [-0.4, -0.2) is 62.3 Å². The number of sulfonamides is 1. The average molecular weight is 372 g/mol. The van der Waals surface area contributed by atoms with Gasteiger partial charge in [-0.2, -0.15) is 4.31 Å². The van der Waals surface area contributed by atoms with E-state index in [1.807, 2.05) is 7.05 Å². The molecule has 0 unspecified atom stereocenters. The second-order valence-electron chi connectivity index (χ2n) is 6.77. The molecule has 24 heavy (non-hydrogen) atoms. The predicted octanol–water partition coefficient (Wildman–Crippen LogP) is 1.17. The van der Waals surface area contributed by atoms with Crippen molar-refractivity contribution < 1.29 is 13.2 Å². The number of fused-ring (bicyclic) bond motifs is 1. The summed E-state index contributed by atoms with van der Waals surface area (Å²) < 4.78 is 27.4. The van der Waals surface area contributed by atoms with Crippen molar-refractivity contribution in [3.8, 4) is 0 Å². The number of carbonyl (C=O) groups excluding carboxylic acids is 1. The molecule has 1 aromatic carbocycles. The number of piperidine rings is 1. The van der Waals surface area contributed by atoms with E-state index < -0.39 is 10.0 Å². The molecule has 8 heteroatoms. The third kappa shape index (κ3) is 3.06. The van der Waals surface area contributed by atoms with Gasteiger partial charge < -0.3 is 10.2 Å². The number of nitrogens with zero attached hydrogens (tertiary/aromatic N) is 2. The van der Waals surface area contributed by atoms with Crippen LogP contribution in [0.2, 0.25) is 5.02 Å². The zero-order valence-corrected chi connectivity index (χ0v) is 15.4. The maximum atomic E-state index is 12.9. The van der Waals surface area contributed by atoms with Crippen molar-refractivity contribution >= 4 is 27.5 Å². The standard InChI is InChI=1S/C16H22ClN3O3S/c1-12(21)18-16-7-8-20(10-13(16)9-19(2)11-16)24(22,23)15-6-4-3-5-14(15)17/h3-6,13H,7-11H2,1-2H3,(H,18,21)/t13-,16+/m0/s1. The van der Waals surface area contributed by atoms with Gasteiger partial charge in [-0.25, -0.2) is 8.42 Å². The molecule has 1 N–H and O–H groups in total. The Bertz CT molecular complexity index is 755. The Morgan fingerprint density at radius 3 is 2.71 bits per heavy atom. The molecule has 0 radical (unpaired) electrons. The summed E-state index contributed by atoms with van der Waals surface area (Å²) >= 11 is 6.09. The first kappa shape index (κ1) is 17.7.